The van der Waals surface area contributed by atoms with Crippen molar-refractivity contribution in [1.82, 2.24) is 15.2 Å². The van der Waals surface area contributed by atoms with Gasteiger partial charge in [-0.25, -0.2) is 4.98 Å². The van der Waals surface area contributed by atoms with Crippen molar-refractivity contribution < 1.29 is 4.79 Å². The lowest BCUT2D eigenvalue weighted by atomic mass is 10.1. The molecular weight excluding hydrogens is 180 g/mol. The molecular formula is C9H16N4O. The number of amides is 1. The zero-order valence-corrected chi connectivity index (χ0v) is 8.42. The molecule has 3 N–H and O–H groups in total. The molecule has 0 atom stereocenters. The van der Waals surface area contributed by atoms with Gasteiger partial charge in [0, 0.05) is 6.42 Å². The molecule has 0 unspecified atom stereocenters. The van der Waals surface area contributed by atoms with Crippen molar-refractivity contribution in [2.24, 2.45) is 5.73 Å². The number of hydrogen-bond donors (Lipinski definition) is 2. The molecule has 0 bridgehead atoms. The quantitative estimate of drug-likeness (QED) is 0.666. The first kappa shape index (κ1) is 10.7. The second-order valence-corrected chi connectivity index (χ2v) is 3.28. The number of carbonyl (C=O) groups excluding carboxylic acids is 1. The van der Waals surface area contributed by atoms with Crippen LogP contribution in [0.2, 0.25) is 0 Å². The van der Waals surface area contributed by atoms with Gasteiger partial charge in [0.05, 0.1) is 0 Å². The number of rotatable bonds is 6. The number of nitrogens with one attached hydrogen (secondary N) is 1. The Morgan fingerprint density at radius 3 is 2.79 bits per heavy atom. The van der Waals surface area contributed by atoms with Crippen molar-refractivity contribution >= 4 is 5.91 Å². The van der Waals surface area contributed by atoms with Crippen molar-refractivity contribution in [3.05, 3.63) is 11.6 Å². The van der Waals surface area contributed by atoms with Crippen LogP contribution in [0.5, 0.6) is 0 Å². The fourth-order valence-corrected chi connectivity index (χ4v) is 1.24. The van der Waals surface area contributed by atoms with E-state index in [1.807, 2.05) is 0 Å². The average Bonchev–Trinajstić information content (AvgIpc) is 2.61. The van der Waals surface area contributed by atoms with E-state index in [4.69, 9.17) is 5.73 Å². The van der Waals surface area contributed by atoms with E-state index in [1.54, 1.807) is 0 Å². The zero-order chi connectivity index (χ0) is 10.4. The Morgan fingerprint density at radius 1 is 1.43 bits per heavy atom. The van der Waals surface area contributed by atoms with Crippen molar-refractivity contribution in [1.29, 1.82) is 0 Å². The second-order valence-electron chi connectivity index (χ2n) is 3.28. The highest BCUT2D eigenvalue weighted by molar-refractivity contribution is 5.88. The number of nitrogens with two attached hydrogens (primary N) is 1. The zero-order valence-electron chi connectivity index (χ0n) is 8.42. The SMILES string of the molecule is CCCCCCc1nc(C(N)=O)n[nH]1. The summed E-state index contributed by atoms with van der Waals surface area (Å²) in [5.74, 6) is 0.242. The van der Waals surface area contributed by atoms with Gasteiger partial charge in [-0.3, -0.25) is 9.89 Å². The summed E-state index contributed by atoms with van der Waals surface area (Å²) in [6, 6.07) is 0. The Balaban J connectivity index is 2.33. The lowest BCUT2D eigenvalue weighted by Crippen LogP contribution is -2.12. The first-order chi connectivity index (χ1) is 6.74. The number of primary amides is 1. The van der Waals surface area contributed by atoms with Gasteiger partial charge in [0.15, 0.2) is 0 Å². The Morgan fingerprint density at radius 2 is 2.21 bits per heavy atom. The Labute approximate surface area is 83.1 Å². The van der Waals surface area contributed by atoms with Gasteiger partial charge in [-0.05, 0) is 6.42 Å². The van der Waals surface area contributed by atoms with E-state index in [1.165, 1.54) is 19.3 Å². The molecule has 78 valence electrons. The van der Waals surface area contributed by atoms with Crippen LogP contribution in [-0.2, 0) is 6.42 Å². The van der Waals surface area contributed by atoms with E-state index in [2.05, 4.69) is 22.1 Å². The molecule has 1 heterocycles. The molecule has 1 rings (SSSR count). The largest absolute Gasteiger partial charge is 0.363 e. The third-order valence-electron chi connectivity index (χ3n) is 2.02. The maximum atomic E-state index is 10.7. The predicted molar refractivity (Wildman–Crippen MR) is 52.7 cm³/mol. The van der Waals surface area contributed by atoms with Gasteiger partial charge >= 0.3 is 0 Å². The second kappa shape index (κ2) is 5.36. The highest BCUT2D eigenvalue weighted by Crippen LogP contribution is 2.03. The van der Waals surface area contributed by atoms with Crippen LogP contribution in [0.1, 0.15) is 49.1 Å². The molecule has 14 heavy (non-hydrogen) atoms. The molecule has 0 spiro atoms. The summed E-state index contributed by atoms with van der Waals surface area (Å²) in [5.41, 5.74) is 5.02. The van der Waals surface area contributed by atoms with E-state index >= 15 is 0 Å². The summed E-state index contributed by atoms with van der Waals surface area (Å²) >= 11 is 0. The van der Waals surface area contributed by atoms with Crippen molar-refractivity contribution in [2.45, 2.75) is 39.0 Å². The van der Waals surface area contributed by atoms with Crippen LogP contribution in [0.4, 0.5) is 0 Å². The number of H-pyrrole nitrogens is 1. The van der Waals surface area contributed by atoms with Crippen LogP contribution >= 0.6 is 0 Å². The van der Waals surface area contributed by atoms with E-state index in [0.717, 1.165) is 18.7 Å². The van der Waals surface area contributed by atoms with Gasteiger partial charge in [0.25, 0.3) is 5.91 Å². The van der Waals surface area contributed by atoms with Crippen molar-refractivity contribution in [2.75, 3.05) is 0 Å². The molecule has 0 aliphatic carbocycles. The number of unbranched alkanes of at least 4 members (excludes halogenated alkanes) is 3. The minimum atomic E-state index is -0.582. The Bertz CT molecular complexity index is 295. The van der Waals surface area contributed by atoms with Crippen LogP contribution in [0.15, 0.2) is 0 Å². The fourth-order valence-electron chi connectivity index (χ4n) is 1.24. The molecule has 1 aromatic heterocycles. The molecule has 0 aromatic carbocycles. The summed E-state index contributed by atoms with van der Waals surface area (Å²) in [5, 5.41) is 6.41. The molecule has 0 radical (unpaired) electrons. The molecule has 1 aromatic rings. The van der Waals surface area contributed by atoms with Gasteiger partial charge in [-0.15, -0.1) is 5.10 Å². The number of aryl methyl sites for hydroxylation is 1. The van der Waals surface area contributed by atoms with Crippen LogP contribution in [0, 0.1) is 0 Å². The number of nitrogens with zero attached hydrogens (tertiary/aromatic N) is 2. The number of aromatic nitrogens is 3. The summed E-state index contributed by atoms with van der Waals surface area (Å²) in [4.78, 5) is 14.6. The van der Waals surface area contributed by atoms with Gasteiger partial charge in [0.2, 0.25) is 5.82 Å². The summed E-state index contributed by atoms with van der Waals surface area (Å²) in [6.07, 6.45) is 5.53. The average molecular weight is 196 g/mol. The molecule has 0 saturated carbocycles. The molecule has 5 heteroatoms. The lowest BCUT2D eigenvalue weighted by Gasteiger charge is -1.95. The first-order valence-corrected chi connectivity index (χ1v) is 4.95. The first-order valence-electron chi connectivity index (χ1n) is 4.95. The maximum absolute atomic E-state index is 10.7. The number of aromatic amines is 1. The minimum absolute atomic E-state index is 0.0792. The fraction of sp³-hybridized carbons (Fsp3) is 0.667. The molecule has 0 fully saturated rings. The van der Waals surface area contributed by atoms with Crippen molar-refractivity contribution in [3.63, 3.8) is 0 Å². The summed E-state index contributed by atoms with van der Waals surface area (Å²) in [6.45, 7) is 2.17. The number of carbonyl (C=O) groups is 1. The Hall–Kier alpha value is -1.39. The van der Waals surface area contributed by atoms with Gasteiger partial charge in [-0.1, -0.05) is 26.2 Å². The van der Waals surface area contributed by atoms with E-state index < -0.39 is 5.91 Å². The normalized spacial score (nSPS) is 10.4. The summed E-state index contributed by atoms with van der Waals surface area (Å²) in [7, 11) is 0. The lowest BCUT2D eigenvalue weighted by molar-refractivity contribution is 0.0991. The van der Waals surface area contributed by atoms with Gasteiger partial charge in [-0.2, -0.15) is 0 Å². The molecule has 0 saturated heterocycles. The third-order valence-corrected chi connectivity index (χ3v) is 2.02. The summed E-state index contributed by atoms with van der Waals surface area (Å²) < 4.78 is 0. The van der Waals surface area contributed by atoms with Crippen LogP contribution in [0.25, 0.3) is 0 Å². The third kappa shape index (κ3) is 3.16. The predicted octanol–water partition coefficient (Wildman–Crippen LogP) is 1.03. The molecule has 0 aliphatic rings. The van der Waals surface area contributed by atoms with Gasteiger partial charge in [0.1, 0.15) is 5.82 Å². The maximum Gasteiger partial charge on any atom is 0.288 e. The van der Waals surface area contributed by atoms with E-state index in [9.17, 15) is 4.79 Å². The minimum Gasteiger partial charge on any atom is -0.363 e. The molecule has 5 nitrogen and oxygen atoms in total. The van der Waals surface area contributed by atoms with E-state index in [-0.39, 0.29) is 5.82 Å². The van der Waals surface area contributed by atoms with E-state index in [0.29, 0.717) is 0 Å². The highest BCUT2D eigenvalue weighted by atomic mass is 16.1. The van der Waals surface area contributed by atoms with Crippen LogP contribution in [0.3, 0.4) is 0 Å². The standard InChI is InChI=1S/C9H16N4O/c1-2-3-4-5-6-7-11-9(8(10)14)13-12-7/h2-6H2,1H3,(H2,10,14)(H,11,12,13). The monoisotopic (exact) mass is 196 g/mol. The highest BCUT2D eigenvalue weighted by Gasteiger charge is 2.07. The number of hydrogen-bond acceptors (Lipinski definition) is 3. The van der Waals surface area contributed by atoms with Gasteiger partial charge < -0.3 is 5.73 Å². The molecule has 1 amide bonds. The molecule has 0 aliphatic heterocycles. The topological polar surface area (TPSA) is 84.7 Å². The van der Waals surface area contributed by atoms with Crippen LogP contribution in [-0.4, -0.2) is 21.1 Å². The Kier molecular flexibility index (Phi) is 4.10. The van der Waals surface area contributed by atoms with Crippen LogP contribution < -0.4 is 5.73 Å². The van der Waals surface area contributed by atoms with Crippen molar-refractivity contribution in [3.8, 4) is 0 Å². The smallest absolute Gasteiger partial charge is 0.288 e.